The number of hydrogen-bond donors (Lipinski definition) is 1. The molecule has 6 heteroatoms. The molecule has 1 fully saturated rings. The number of thioether (sulfide) groups is 1. The van der Waals surface area contributed by atoms with Crippen LogP contribution in [0.2, 0.25) is 0 Å². The van der Waals surface area contributed by atoms with Crippen LogP contribution in [0.15, 0.2) is 77.7 Å². The number of anilines is 2. The third kappa shape index (κ3) is 4.70. The minimum atomic E-state index is -0.457. The van der Waals surface area contributed by atoms with E-state index in [1.807, 2.05) is 56.3 Å². The summed E-state index contributed by atoms with van der Waals surface area (Å²) in [6, 6.07) is 22.1. The Kier molecular flexibility index (Phi) is 5.91. The van der Waals surface area contributed by atoms with Crippen LogP contribution in [0.4, 0.5) is 11.4 Å². The van der Waals surface area contributed by atoms with Gasteiger partial charge in [0.25, 0.3) is 5.91 Å². The predicted molar refractivity (Wildman–Crippen MR) is 124 cm³/mol. The van der Waals surface area contributed by atoms with Crippen molar-refractivity contribution in [2.24, 2.45) is 0 Å². The number of aryl methyl sites for hydroxylation is 2. The molecule has 0 aliphatic carbocycles. The smallest absolute Gasteiger partial charge is 0.255 e. The van der Waals surface area contributed by atoms with Gasteiger partial charge in [-0.15, -0.1) is 11.8 Å². The molecule has 1 aliphatic heterocycles. The summed E-state index contributed by atoms with van der Waals surface area (Å²) in [6.45, 7) is 3.90. The Balaban J connectivity index is 1.41. The van der Waals surface area contributed by atoms with Gasteiger partial charge in [0.05, 0.1) is 10.9 Å². The Morgan fingerprint density at radius 2 is 1.65 bits per heavy atom. The van der Waals surface area contributed by atoms with Gasteiger partial charge in [0.15, 0.2) is 0 Å². The summed E-state index contributed by atoms with van der Waals surface area (Å²) in [5.41, 5.74) is 3.98. The minimum absolute atomic E-state index is 0.170. The molecule has 1 unspecified atom stereocenters. The van der Waals surface area contributed by atoms with Crippen molar-refractivity contribution in [1.82, 2.24) is 0 Å². The molecule has 156 valence electrons. The van der Waals surface area contributed by atoms with Crippen molar-refractivity contribution in [3.8, 4) is 0 Å². The number of imide groups is 1. The van der Waals surface area contributed by atoms with Crippen molar-refractivity contribution in [2.75, 3.05) is 10.2 Å². The summed E-state index contributed by atoms with van der Waals surface area (Å²) < 4.78 is 0. The van der Waals surface area contributed by atoms with Crippen LogP contribution in [0, 0.1) is 13.8 Å². The minimum Gasteiger partial charge on any atom is -0.322 e. The fourth-order valence-electron chi connectivity index (χ4n) is 3.43. The summed E-state index contributed by atoms with van der Waals surface area (Å²) in [5, 5.41) is 2.42. The van der Waals surface area contributed by atoms with Gasteiger partial charge in [-0.2, -0.15) is 0 Å². The number of carbonyl (C=O) groups excluding carboxylic acids is 3. The van der Waals surface area contributed by atoms with Gasteiger partial charge in [-0.25, -0.2) is 4.90 Å². The molecule has 1 heterocycles. The molecule has 4 rings (SSSR count). The zero-order chi connectivity index (χ0) is 22.0. The number of nitrogens with zero attached hydrogens (tertiary/aromatic N) is 1. The topological polar surface area (TPSA) is 66.5 Å². The lowest BCUT2D eigenvalue weighted by molar-refractivity contribution is -0.121. The fourth-order valence-corrected chi connectivity index (χ4v) is 4.49. The van der Waals surface area contributed by atoms with Crippen molar-refractivity contribution in [3.63, 3.8) is 0 Å². The second kappa shape index (κ2) is 8.78. The highest BCUT2D eigenvalue weighted by Gasteiger charge is 2.40. The molecule has 1 aliphatic rings. The van der Waals surface area contributed by atoms with Crippen LogP contribution in [0.5, 0.6) is 0 Å². The van der Waals surface area contributed by atoms with E-state index in [4.69, 9.17) is 0 Å². The largest absolute Gasteiger partial charge is 0.322 e. The van der Waals surface area contributed by atoms with Gasteiger partial charge in [-0.1, -0.05) is 35.4 Å². The van der Waals surface area contributed by atoms with E-state index in [1.165, 1.54) is 16.7 Å². The highest BCUT2D eigenvalue weighted by molar-refractivity contribution is 8.00. The molecule has 5 nitrogen and oxygen atoms in total. The van der Waals surface area contributed by atoms with E-state index in [-0.39, 0.29) is 24.1 Å². The zero-order valence-corrected chi connectivity index (χ0v) is 18.1. The van der Waals surface area contributed by atoms with Gasteiger partial charge in [0.1, 0.15) is 0 Å². The van der Waals surface area contributed by atoms with E-state index in [9.17, 15) is 14.4 Å². The van der Waals surface area contributed by atoms with E-state index >= 15 is 0 Å². The second-order valence-corrected chi connectivity index (χ2v) is 8.84. The van der Waals surface area contributed by atoms with E-state index in [0.29, 0.717) is 16.9 Å². The molecule has 3 aromatic rings. The number of rotatable bonds is 5. The van der Waals surface area contributed by atoms with Gasteiger partial charge < -0.3 is 5.32 Å². The Hall–Kier alpha value is -3.38. The van der Waals surface area contributed by atoms with Gasteiger partial charge in [0.2, 0.25) is 11.8 Å². The maximum absolute atomic E-state index is 12.8. The van der Waals surface area contributed by atoms with Crippen LogP contribution in [-0.2, 0) is 9.59 Å². The summed E-state index contributed by atoms with van der Waals surface area (Å²) in [5.74, 6) is -0.557. The monoisotopic (exact) mass is 430 g/mol. The Morgan fingerprint density at radius 1 is 0.935 bits per heavy atom. The first-order chi connectivity index (χ1) is 14.9. The van der Waals surface area contributed by atoms with Crippen LogP contribution in [0.3, 0.4) is 0 Å². The normalized spacial score (nSPS) is 15.9. The molecular weight excluding hydrogens is 408 g/mol. The molecule has 0 bridgehead atoms. The van der Waals surface area contributed by atoms with Crippen molar-refractivity contribution < 1.29 is 14.4 Å². The molecule has 3 aromatic carbocycles. The lowest BCUT2D eigenvalue weighted by Crippen LogP contribution is -2.31. The zero-order valence-electron chi connectivity index (χ0n) is 17.3. The van der Waals surface area contributed by atoms with E-state index in [0.717, 1.165) is 16.0 Å². The number of benzene rings is 3. The van der Waals surface area contributed by atoms with Gasteiger partial charge in [0, 0.05) is 22.6 Å². The van der Waals surface area contributed by atoms with Crippen LogP contribution in [0.25, 0.3) is 0 Å². The Labute approximate surface area is 185 Å². The third-order valence-electron chi connectivity index (χ3n) is 5.07. The van der Waals surface area contributed by atoms with Crippen molar-refractivity contribution in [2.45, 2.75) is 30.4 Å². The lowest BCUT2D eigenvalue weighted by atomic mass is 10.1. The van der Waals surface area contributed by atoms with Crippen LogP contribution in [0.1, 0.15) is 27.9 Å². The van der Waals surface area contributed by atoms with Crippen molar-refractivity contribution in [1.29, 1.82) is 0 Å². The molecule has 0 radical (unpaired) electrons. The Bertz CT molecular complexity index is 1140. The summed E-state index contributed by atoms with van der Waals surface area (Å²) >= 11 is 1.37. The molecule has 1 saturated heterocycles. The summed E-state index contributed by atoms with van der Waals surface area (Å²) in [6.07, 6.45) is 0.170. The van der Waals surface area contributed by atoms with Crippen molar-refractivity contribution in [3.05, 3.63) is 89.5 Å². The van der Waals surface area contributed by atoms with E-state index in [2.05, 4.69) is 5.32 Å². The molecule has 0 aromatic heterocycles. The molecule has 1 atom stereocenters. The summed E-state index contributed by atoms with van der Waals surface area (Å²) in [7, 11) is 0. The molecular formula is C25H22N2O3S. The van der Waals surface area contributed by atoms with E-state index < -0.39 is 5.25 Å². The van der Waals surface area contributed by atoms with Crippen molar-refractivity contribution >= 4 is 40.9 Å². The number of hydrogen-bond acceptors (Lipinski definition) is 4. The first-order valence-electron chi connectivity index (χ1n) is 9.99. The van der Waals surface area contributed by atoms with Gasteiger partial charge in [-0.3, -0.25) is 14.4 Å². The molecule has 0 saturated carbocycles. The first kappa shape index (κ1) is 20.9. The van der Waals surface area contributed by atoms with Gasteiger partial charge >= 0.3 is 0 Å². The SMILES string of the molecule is Cc1ccc(N2C(=O)CC(Sc3ccc(NC(=O)c4cccc(C)c4)cc3)C2=O)cc1. The predicted octanol–water partition coefficient (Wildman–Crippen LogP) is 4.98. The molecule has 0 spiro atoms. The molecule has 1 N–H and O–H groups in total. The highest BCUT2D eigenvalue weighted by Crippen LogP contribution is 2.34. The van der Waals surface area contributed by atoms with E-state index in [1.54, 1.807) is 30.3 Å². The van der Waals surface area contributed by atoms with Gasteiger partial charge in [-0.05, 0) is 62.4 Å². The average Bonchev–Trinajstić information content (AvgIpc) is 3.03. The molecule has 31 heavy (non-hydrogen) atoms. The first-order valence-corrected chi connectivity index (χ1v) is 10.9. The third-order valence-corrected chi connectivity index (χ3v) is 6.27. The lowest BCUT2D eigenvalue weighted by Gasteiger charge is -2.15. The maximum Gasteiger partial charge on any atom is 0.255 e. The number of nitrogens with one attached hydrogen (secondary N) is 1. The second-order valence-electron chi connectivity index (χ2n) is 7.56. The van der Waals surface area contributed by atoms with Crippen LogP contribution < -0.4 is 10.2 Å². The average molecular weight is 431 g/mol. The quantitative estimate of drug-likeness (QED) is 0.580. The summed E-state index contributed by atoms with van der Waals surface area (Å²) in [4.78, 5) is 39.8. The van der Waals surface area contributed by atoms with Crippen LogP contribution in [-0.4, -0.2) is 23.0 Å². The standard InChI is InChI=1S/C25H22N2O3S/c1-16-6-10-20(11-7-16)27-23(28)15-22(25(27)30)31-21-12-8-19(9-13-21)26-24(29)18-5-3-4-17(2)14-18/h3-14,22H,15H2,1-2H3,(H,26,29). The number of carbonyl (C=O) groups is 3. The fraction of sp³-hybridized carbons (Fsp3) is 0.160. The molecule has 3 amide bonds. The maximum atomic E-state index is 12.8. The number of amides is 3. The highest BCUT2D eigenvalue weighted by atomic mass is 32.2. The Morgan fingerprint density at radius 3 is 2.32 bits per heavy atom. The van der Waals surface area contributed by atoms with Crippen LogP contribution >= 0.6 is 11.8 Å².